The van der Waals surface area contributed by atoms with E-state index < -0.39 is 11.8 Å². The number of hydrogen-bond donors (Lipinski definition) is 0. The van der Waals surface area contributed by atoms with Crippen LogP contribution in [0.3, 0.4) is 0 Å². The maximum absolute atomic E-state index is 11.4. The first kappa shape index (κ1) is 13.1. The van der Waals surface area contributed by atoms with Gasteiger partial charge in [-0.15, -0.1) is 0 Å². The van der Waals surface area contributed by atoms with Crippen molar-refractivity contribution in [1.29, 1.82) is 0 Å². The molecule has 0 saturated heterocycles. The Labute approximate surface area is 112 Å². The molecule has 1 atom stereocenters. The van der Waals surface area contributed by atoms with E-state index in [1.165, 1.54) is 7.11 Å². The molecule has 19 heavy (non-hydrogen) atoms. The number of benzene rings is 2. The van der Waals surface area contributed by atoms with Gasteiger partial charge in [0.25, 0.3) is 0 Å². The highest BCUT2D eigenvalue weighted by Gasteiger charge is 2.29. The minimum atomic E-state index is -0.923. The number of rotatable bonds is 3. The van der Waals surface area contributed by atoms with Gasteiger partial charge in [-0.3, -0.25) is 0 Å². The molecule has 0 aliphatic carbocycles. The predicted molar refractivity (Wildman–Crippen MR) is 75.0 cm³/mol. The van der Waals surface area contributed by atoms with Gasteiger partial charge in [0.1, 0.15) is 0 Å². The van der Waals surface area contributed by atoms with Crippen molar-refractivity contribution in [3.63, 3.8) is 0 Å². The van der Waals surface area contributed by atoms with Crippen molar-refractivity contribution in [2.24, 2.45) is 0 Å². The molecule has 0 fully saturated rings. The average Bonchev–Trinajstić information content (AvgIpc) is 2.46. The van der Waals surface area contributed by atoms with Crippen LogP contribution in [0.2, 0.25) is 0 Å². The molecule has 2 aromatic rings. The van der Waals surface area contributed by atoms with E-state index in [1.54, 1.807) is 13.0 Å². The van der Waals surface area contributed by atoms with Crippen LogP contribution in [-0.2, 0) is 15.1 Å². The van der Waals surface area contributed by atoms with Crippen LogP contribution in [0.4, 0.5) is 4.79 Å². The number of carbonyl (C=O) groups is 1. The van der Waals surface area contributed by atoms with E-state index in [9.17, 15) is 4.79 Å². The second-order valence-electron chi connectivity index (χ2n) is 4.39. The first-order chi connectivity index (χ1) is 9.10. The summed E-state index contributed by atoms with van der Waals surface area (Å²) in [4.78, 5) is 11.4. The molecule has 0 aliphatic rings. The molecule has 0 N–H and O–H groups in total. The van der Waals surface area contributed by atoms with Crippen molar-refractivity contribution in [2.45, 2.75) is 12.5 Å². The largest absolute Gasteiger partial charge is 0.509 e. The second-order valence-corrected chi connectivity index (χ2v) is 4.39. The van der Waals surface area contributed by atoms with Crippen molar-refractivity contribution < 1.29 is 14.3 Å². The summed E-state index contributed by atoms with van der Waals surface area (Å²) < 4.78 is 9.92. The maximum atomic E-state index is 11.4. The molecular formula is C16H16O3. The molecular weight excluding hydrogens is 240 g/mol. The molecule has 0 spiro atoms. The molecule has 2 rings (SSSR count). The van der Waals surface area contributed by atoms with E-state index in [2.05, 4.69) is 11.3 Å². The van der Waals surface area contributed by atoms with Crippen molar-refractivity contribution in [3.8, 4) is 0 Å². The summed E-state index contributed by atoms with van der Waals surface area (Å²) in [6, 6.07) is 13.8. The van der Waals surface area contributed by atoms with Gasteiger partial charge in [-0.25, -0.2) is 4.79 Å². The molecule has 2 aromatic carbocycles. The van der Waals surface area contributed by atoms with Crippen LogP contribution in [0.25, 0.3) is 10.8 Å². The van der Waals surface area contributed by atoms with Crippen LogP contribution in [0.5, 0.6) is 0 Å². The number of fused-ring (bicyclic) bond motifs is 1. The molecule has 3 heteroatoms. The minimum absolute atomic E-state index is 0.727. The van der Waals surface area contributed by atoms with Gasteiger partial charge >= 0.3 is 6.16 Å². The summed E-state index contributed by atoms with van der Waals surface area (Å²) in [5.41, 5.74) is -0.0421. The Morgan fingerprint density at radius 2 is 1.89 bits per heavy atom. The zero-order valence-corrected chi connectivity index (χ0v) is 11.1. The lowest BCUT2D eigenvalue weighted by Crippen LogP contribution is -2.27. The SMILES string of the molecule is C=C[C@](C)(OC(=O)OC)c1cccc2ccccc12. The lowest BCUT2D eigenvalue weighted by Gasteiger charge is -2.27. The summed E-state index contributed by atoms with van der Waals surface area (Å²) in [6.07, 6.45) is 0.876. The highest BCUT2D eigenvalue weighted by Crippen LogP contribution is 2.32. The van der Waals surface area contributed by atoms with Crippen LogP contribution in [0.15, 0.2) is 55.1 Å². The zero-order valence-electron chi connectivity index (χ0n) is 11.1. The van der Waals surface area contributed by atoms with E-state index in [1.807, 2.05) is 42.5 Å². The minimum Gasteiger partial charge on any atom is -0.438 e. The highest BCUT2D eigenvalue weighted by atomic mass is 16.7. The highest BCUT2D eigenvalue weighted by molar-refractivity contribution is 5.87. The molecule has 0 saturated carbocycles. The van der Waals surface area contributed by atoms with E-state index in [4.69, 9.17) is 4.74 Å². The Morgan fingerprint density at radius 1 is 1.21 bits per heavy atom. The van der Waals surface area contributed by atoms with Crippen molar-refractivity contribution in [2.75, 3.05) is 7.11 Å². The first-order valence-corrected chi connectivity index (χ1v) is 5.99. The summed E-state index contributed by atoms with van der Waals surface area (Å²) in [7, 11) is 1.29. The predicted octanol–water partition coefficient (Wildman–Crippen LogP) is 4.02. The van der Waals surface area contributed by atoms with Crippen LogP contribution < -0.4 is 0 Å². The standard InChI is InChI=1S/C16H16O3/c1-4-16(2,19-15(17)18-3)14-11-7-9-12-8-5-6-10-13(12)14/h4-11H,1H2,2-3H3/t16-/m0/s1. The smallest absolute Gasteiger partial charge is 0.438 e. The summed E-state index contributed by atoms with van der Waals surface area (Å²) in [5, 5.41) is 2.11. The summed E-state index contributed by atoms with van der Waals surface area (Å²) >= 11 is 0. The summed E-state index contributed by atoms with van der Waals surface area (Å²) in [6.45, 7) is 5.56. The van der Waals surface area contributed by atoms with Crippen molar-refractivity contribution in [1.82, 2.24) is 0 Å². The van der Waals surface area contributed by atoms with Crippen LogP contribution in [0, 0.1) is 0 Å². The van der Waals surface area contributed by atoms with Gasteiger partial charge in [0, 0.05) is 5.56 Å². The van der Waals surface area contributed by atoms with Crippen molar-refractivity contribution in [3.05, 3.63) is 60.7 Å². The Bertz CT molecular complexity index is 613. The monoisotopic (exact) mass is 256 g/mol. The number of hydrogen-bond acceptors (Lipinski definition) is 3. The fourth-order valence-corrected chi connectivity index (χ4v) is 2.08. The third kappa shape index (κ3) is 2.45. The van der Waals surface area contributed by atoms with Gasteiger partial charge in [0.15, 0.2) is 5.60 Å². The summed E-state index contributed by atoms with van der Waals surface area (Å²) in [5.74, 6) is 0. The van der Waals surface area contributed by atoms with Gasteiger partial charge in [0.05, 0.1) is 7.11 Å². The lowest BCUT2D eigenvalue weighted by molar-refractivity contribution is 0.00731. The molecule has 0 aromatic heterocycles. The second kappa shape index (κ2) is 5.14. The fourth-order valence-electron chi connectivity index (χ4n) is 2.08. The van der Waals surface area contributed by atoms with Crippen LogP contribution in [0.1, 0.15) is 12.5 Å². The Morgan fingerprint density at radius 3 is 2.58 bits per heavy atom. The molecule has 3 nitrogen and oxygen atoms in total. The molecule has 98 valence electrons. The van der Waals surface area contributed by atoms with Gasteiger partial charge in [-0.1, -0.05) is 49.0 Å². The molecule has 0 bridgehead atoms. The van der Waals surface area contributed by atoms with E-state index >= 15 is 0 Å². The Kier molecular flexibility index (Phi) is 3.56. The van der Waals surface area contributed by atoms with Gasteiger partial charge in [-0.2, -0.15) is 0 Å². The number of carbonyl (C=O) groups excluding carboxylic acids is 1. The molecule has 0 heterocycles. The van der Waals surface area contributed by atoms with E-state index in [0.29, 0.717) is 0 Å². The van der Waals surface area contributed by atoms with Gasteiger partial charge < -0.3 is 9.47 Å². The fraction of sp³-hybridized carbons (Fsp3) is 0.188. The zero-order chi connectivity index (χ0) is 13.9. The van der Waals surface area contributed by atoms with Gasteiger partial charge in [-0.05, 0) is 23.8 Å². The first-order valence-electron chi connectivity index (χ1n) is 5.99. The number of ether oxygens (including phenoxy) is 2. The lowest BCUT2D eigenvalue weighted by atomic mass is 9.91. The Balaban J connectivity index is 2.57. The molecule has 0 radical (unpaired) electrons. The molecule has 0 aliphatic heterocycles. The van der Waals surface area contributed by atoms with Crippen LogP contribution in [-0.4, -0.2) is 13.3 Å². The third-order valence-corrected chi connectivity index (χ3v) is 3.18. The topological polar surface area (TPSA) is 35.5 Å². The molecule has 0 amide bonds. The quantitative estimate of drug-likeness (QED) is 0.614. The van der Waals surface area contributed by atoms with E-state index in [-0.39, 0.29) is 0 Å². The van der Waals surface area contributed by atoms with Gasteiger partial charge in [0.2, 0.25) is 0 Å². The van der Waals surface area contributed by atoms with E-state index in [0.717, 1.165) is 16.3 Å². The third-order valence-electron chi connectivity index (χ3n) is 3.18. The number of methoxy groups -OCH3 is 1. The van der Waals surface area contributed by atoms with Crippen molar-refractivity contribution >= 4 is 16.9 Å². The molecule has 0 unspecified atom stereocenters. The maximum Gasteiger partial charge on any atom is 0.509 e. The average molecular weight is 256 g/mol. The Hall–Kier alpha value is -2.29. The van der Waals surface area contributed by atoms with Crippen LogP contribution >= 0.6 is 0 Å². The normalized spacial score (nSPS) is 13.6.